The highest BCUT2D eigenvalue weighted by Crippen LogP contribution is 2.30. The van der Waals surface area contributed by atoms with Gasteiger partial charge in [-0.1, -0.05) is 13.0 Å². The molecule has 2 aromatic heterocycles. The summed E-state index contributed by atoms with van der Waals surface area (Å²) < 4.78 is 67.6. The van der Waals surface area contributed by atoms with E-state index in [1.54, 1.807) is 6.20 Å². The van der Waals surface area contributed by atoms with Crippen molar-refractivity contribution in [3.63, 3.8) is 0 Å². The Hall–Kier alpha value is -2.39. The first-order valence-electron chi connectivity index (χ1n) is 8.82. The number of halogens is 3. The van der Waals surface area contributed by atoms with Crippen molar-refractivity contribution in [2.75, 3.05) is 6.54 Å². The number of hydrogen-bond donors (Lipinski definition) is 1. The summed E-state index contributed by atoms with van der Waals surface area (Å²) in [5.41, 5.74) is 0.771. The second kappa shape index (κ2) is 7.92. The zero-order valence-corrected chi connectivity index (χ0v) is 16.0. The van der Waals surface area contributed by atoms with E-state index in [1.165, 1.54) is 0 Å². The van der Waals surface area contributed by atoms with E-state index in [-0.39, 0.29) is 6.54 Å². The van der Waals surface area contributed by atoms with Crippen LogP contribution in [0.4, 0.5) is 13.2 Å². The van der Waals surface area contributed by atoms with Gasteiger partial charge < -0.3 is 4.57 Å². The van der Waals surface area contributed by atoms with E-state index in [0.717, 1.165) is 47.8 Å². The lowest BCUT2D eigenvalue weighted by Crippen LogP contribution is -2.26. The van der Waals surface area contributed by atoms with Gasteiger partial charge in [0.25, 0.3) is 0 Å². The molecular formula is C19H20F3N3O2S. The number of aryl methyl sites for hydroxylation is 1. The molecule has 0 aliphatic heterocycles. The van der Waals surface area contributed by atoms with Crippen LogP contribution in [0.1, 0.15) is 24.5 Å². The van der Waals surface area contributed by atoms with Crippen LogP contribution in [0.25, 0.3) is 11.0 Å². The molecule has 28 heavy (non-hydrogen) atoms. The first-order valence-corrected chi connectivity index (χ1v) is 10.3. The molecule has 0 bridgehead atoms. The van der Waals surface area contributed by atoms with Gasteiger partial charge in [-0.15, -0.1) is 0 Å². The Labute approximate surface area is 161 Å². The molecule has 0 fully saturated rings. The standard InChI is InChI=1S/C19H20F3N3O2S/c1-2-11-25-13-14(17-7-4-9-23-18(17)25)8-10-24-28(26,27)16-6-3-5-15(12-16)19(20,21)22/h3-7,9,12-13,24H,2,8,10-11H2,1H3. The van der Waals surface area contributed by atoms with Crippen LogP contribution in [-0.2, 0) is 29.2 Å². The van der Waals surface area contributed by atoms with Crippen molar-refractivity contribution in [2.24, 2.45) is 0 Å². The van der Waals surface area contributed by atoms with Gasteiger partial charge in [0.1, 0.15) is 5.65 Å². The Balaban J connectivity index is 1.75. The summed E-state index contributed by atoms with van der Waals surface area (Å²) >= 11 is 0. The second-order valence-corrected chi connectivity index (χ2v) is 8.16. The van der Waals surface area contributed by atoms with Crippen molar-refractivity contribution >= 4 is 21.1 Å². The maximum Gasteiger partial charge on any atom is 0.416 e. The minimum Gasteiger partial charge on any atom is -0.332 e. The van der Waals surface area contributed by atoms with Gasteiger partial charge in [-0.25, -0.2) is 18.1 Å². The van der Waals surface area contributed by atoms with Crippen molar-refractivity contribution in [3.05, 3.63) is 59.9 Å². The zero-order valence-electron chi connectivity index (χ0n) is 15.2. The number of nitrogens with one attached hydrogen (secondary N) is 1. The van der Waals surface area contributed by atoms with E-state index < -0.39 is 26.7 Å². The molecule has 0 atom stereocenters. The molecule has 5 nitrogen and oxygen atoms in total. The lowest BCUT2D eigenvalue weighted by atomic mass is 10.2. The summed E-state index contributed by atoms with van der Waals surface area (Å²) in [6, 6.07) is 7.45. The largest absolute Gasteiger partial charge is 0.416 e. The van der Waals surface area contributed by atoms with Gasteiger partial charge in [-0.05, 0) is 48.7 Å². The summed E-state index contributed by atoms with van der Waals surface area (Å²) in [6.45, 7) is 2.92. The molecule has 0 saturated heterocycles. The van der Waals surface area contributed by atoms with E-state index in [2.05, 4.69) is 16.6 Å². The van der Waals surface area contributed by atoms with Crippen LogP contribution in [-0.4, -0.2) is 24.5 Å². The molecule has 0 spiro atoms. The van der Waals surface area contributed by atoms with Gasteiger partial charge in [-0.2, -0.15) is 13.2 Å². The summed E-state index contributed by atoms with van der Waals surface area (Å²) in [4.78, 5) is 3.97. The van der Waals surface area contributed by atoms with Crippen LogP contribution in [0.5, 0.6) is 0 Å². The lowest BCUT2D eigenvalue weighted by Gasteiger charge is -2.10. The molecule has 150 valence electrons. The minimum absolute atomic E-state index is 0.0682. The van der Waals surface area contributed by atoms with E-state index in [4.69, 9.17) is 0 Å². The van der Waals surface area contributed by atoms with Crippen LogP contribution >= 0.6 is 0 Å². The van der Waals surface area contributed by atoms with Gasteiger partial charge >= 0.3 is 6.18 Å². The first kappa shape index (κ1) is 20.3. The van der Waals surface area contributed by atoms with Crippen LogP contribution in [0, 0.1) is 0 Å². The van der Waals surface area contributed by atoms with Gasteiger partial charge in [-0.3, -0.25) is 0 Å². The molecule has 3 rings (SSSR count). The molecule has 0 aliphatic rings. The molecule has 0 radical (unpaired) electrons. The Morgan fingerprint density at radius 1 is 1.18 bits per heavy atom. The maximum atomic E-state index is 12.8. The number of nitrogens with zero attached hydrogens (tertiary/aromatic N) is 2. The summed E-state index contributed by atoms with van der Waals surface area (Å²) in [7, 11) is -4.04. The SMILES string of the molecule is CCCn1cc(CCNS(=O)(=O)c2cccc(C(F)(F)F)c2)c2cccnc21. The molecule has 3 aromatic rings. The average Bonchev–Trinajstić information content (AvgIpc) is 2.99. The fraction of sp³-hybridized carbons (Fsp3) is 0.316. The second-order valence-electron chi connectivity index (χ2n) is 6.40. The van der Waals surface area contributed by atoms with Crippen molar-refractivity contribution < 1.29 is 21.6 Å². The number of rotatable bonds is 7. The molecule has 0 saturated carbocycles. The van der Waals surface area contributed by atoms with Gasteiger partial charge in [0, 0.05) is 30.9 Å². The highest BCUT2D eigenvalue weighted by molar-refractivity contribution is 7.89. The third-order valence-corrected chi connectivity index (χ3v) is 5.80. The third-order valence-electron chi connectivity index (χ3n) is 4.34. The lowest BCUT2D eigenvalue weighted by molar-refractivity contribution is -0.137. The first-order chi connectivity index (χ1) is 13.2. The number of hydrogen-bond acceptors (Lipinski definition) is 3. The number of fused-ring (bicyclic) bond motifs is 1. The Bertz CT molecular complexity index is 1080. The van der Waals surface area contributed by atoms with E-state index in [1.807, 2.05) is 22.9 Å². The van der Waals surface area contributed by atoms with Gasteiger partial charge in [0.05, 0.1) is 10.5 Å². The van der Waals surface area contributed by atoms with Gasteiger partial charge in [0.2, 0.25) is 10.0 Å². The van der Waals surface area contributed by atoms with Crippen molar-refractivity contribution in [3.8, 4) is 0 Å². The summed E-state index contributed by atoms with van der Waals surface area (Å²) in [5, 5.41) is 0.939. The van der Waals surface area contributed by atoms with E-state index in [0.29, 0.717) is 12.5 Å². The number of benzene rings is 1. The number of pyridine rings is 1. The molecule has 0 unspecified atom stereocenters. The molecule has 1 aromatic carbocycles. The maximum absolute atomic E-state index is 12.8. The third kappa shape index (κ3) is 4.36. The Kier molecular flexibility index (Phi) is 5.76. The number of sulfonamides is 1. The normalized spacial score (nSPS) is 12.6. The fourth-order valence-electron chi connectivity index (χ4n) is 3.05. The van der Waals surface area contributed by atoms with E-state index >= 15 is 0 Å². The molecule has 1 N–H and O–H groups in total. The van der Waals surface area contributed by atoms with Crippen LogP contribution < -0.4 is 4.72 Å². The number of alkyl halides is 3. The average molecular weight is 411 g/mol. The quantitative estimate of drug-likeness (QED) is 0.640. The van der Waals surface area contributed by atoms with Crippen molar-refractivity contribution in [2.45, 2.75) is 37.4 Å². The fourth-order valence-corrected chi connectivity index (χ4v) is 4.13. The zero-order chi connectivity index (χ0) is 20.4. The predicted octanol–water partition coefficient (Wildman–Crippen LogP) is 3.99. The smallest absolute Gasteiger partial charge is 0.332 e. The molecule has 0 aliphatic carbocycles. The Morgan fingerprint density at radius 3 is 2.68 bits per heavy atom. The van der Waals surface area contributed by atoms with Crippen molar-refractivity contribution in [1.82, 2.24) is 14.3 Å². The molecule has 2 heterocycles. The van der Waals surface area contributed by atoms with E-state index in [9.17, 15) is 21.6 Å². The topological polar surface area (TPSA) is 64.0 Å². The minimum atomic E-state index is -4.60. The molecule has 0 amide bonds. The van der Waals surface area contributed by atoms with Gasteiger partial charge in [0.15, 0.2) is 0 Å². The predicted molar refractivity (Wildman–Crippen MR) is 100 cm³/mol. The monoisotopic (exact) mass is 411 g/mol. The summed E-state index contributed by atoms with van der Waals surface area (Å²) in [5.74, 6) is 0. The molecular weight excluding hydrogens is 391 g/mol. The van der Waals surface area contributed by atoms with Crippen LogP contribution in [0.3, 0.4) is 0 Å². The van der Waals surface area contributed by atoms with Crippen molar-refractivity contribution in [1.29, 1.82) is 0 Å². The van der Waals surface area contributed by atoms with Crippen LogP contribution in [0.2, 0.25) is 0 Å². The number of aromatic nitrogens is 2. The molecule has 9 heteroatoms. The highest BCUT2D eigenvalue weighted by atomic mass is 32.2. The Morgan fingerprint density at radius 2 is 1.96 bits per heavy atom. The highest BCUT2D eigenvalue weighted by Gasteiger charge is 2.31. The van der Waals surface area contributed by atoms with Crippen LogP contribution in [0.15, 0.2) is 53.7 Å². The summed E-state index contributed by atoms with van der Waals surface area (Å²) in [6.07, 6.45) is 0.382.